The van der Waals surface area contributed by atoms with Crippen LogP contribution in [0.5, 0.6) is 0 Å². The van der Waals surface area contributed by atoms with Crippen molar-refractivity contribution >= 4 is 10.8 Å². The van der Waals surface area contributed by atoms with Gasteiger partial charge in [-0.2, -0.15) is 0 Å². The van der Waals surface area contributed by atoms with Gasteiger partial charge in [0.25, 0.3) is 0 Å². The van der Waals surface area contributed by atoms with Gasteiger partial charge in [0.05, 0.1) is 0 Å². The van der Waals surface area contributed by atoms with Gasteiger partial charge in [-0.15, -0.1) is 0 Å². The van der Waals surface area contributed by atoms with E-state index in [1.807, 2.05) is 41.5 Å². The fourth-order valence-electron chi connectivity index (χ4n) is 3.40. The minimum Gasteiger partial charge on any atom is -0.0776 e. The molecule has 0 fully saturated rings. The highest BCUT2D eigenvalue weighted by molar-refractivity contribution is 6.02. The van der Waals surface area contributed by atoms with E-state index in [0.29, 0.717) is 0 Å². The molecule has 142 valence electrons. The third kappa shape index (κ3) is 4.55. The van der Waals surface area contributed by atoms with Crippen molar-refractivity contribution in [2.24, 2.45) is 0 Å². The van der Waals surface area contributed by atoms with E-state index in [0.717, 1.165) is 6.42 Å². The van der Waals surface area contributed by atoms with Crippen molar-refractivity contribution in [2.75, 3.05) is 0 Å². The number of aryl methyl sites for hydroxylation is 2. The summed E-state index contributed by atoms with van der Waals surface area (Å²) in [7, 11) is 0. The lowest BCUT2D eigenvalue weighted by Gasteiger charge is -2.09. The van der Waals surface area contributed by atoms with Gasteiger partial charge in [0, 0.05) is 0 Å². The van der Waals surface area contributed by atoms with Crippen LogP contribution < -0.4 is 0 Å². The van der Waals surface area contributed by atoms with E-state index < -0.39 is 0 Å². The maximum absolute atomic E-state index is 2.37. The third-order valence-corrected chi connectivity index (χ3v) is 4.24. The second-order valence-corrected chi connectivity index (χ2v) is 5.61. The number of hydrogen-bond acceptors (Lipinski definition) is 0. The summed E-state index contributed by atoms with van der Waals surface area (Å²) in [6.45, 7) is 16.4. The molecule has 1 aliphatic rings. The second-order valence-electron chi connectivity index (χ2n) is 5.61. The van der Waals surface area contributed by atoms with Crippen molar-refractivity contribution in [3.63, 3.8) is 0 Å². The number of fused-ring (bicyclic) bond motifs is 5. The summed E-state index contributed by atoms with van der Waals surface area (Å²) in [5.74, 6) is 0. The zero-order chi connectivity index (χ0) is 19.0. The molecule has 0 unspecified atom stereocenters. The highest BCUT2D eigenvalue weighted by Gasteiger charge is 2.21. The Hall–Kier alpha value is -2.08. The Kier molecular flexibility index (Phi) is 10.6. The van der Waals surface area contributed by atoms with Crippen molar-refractivity contribution < 1.29 is 0 Å². The summed E-state index contributed by atoms with van der Waals surface area (Å²) in [5.41, 5.74) is 8.59. The largest absolute Gasteiger partial charge is 0.0776 e. The molecule has 0 heteroatoms. The Morgan fingerprint density at radius 1 is 0.654 bits per heavy atom. The first-order valence-corrected chi connectivity index (χ1v) is 9.85. The van der Waals surface area contributed by atoms with E-state index in [-0.39, 0.29) is 7.43 Å². The van der Waals surface area contributed by atoms with Gasteiger partial charge < -0.3 is 0 Å². The molecule has 0 amide bonds. The molecule has 4 rings (SSSR count). The van der Waals surface area contributed by atoms with Crippen molar-refractivity contribution in [3.05, 3.63) is 70.8 Å². The molecule has 0 heterocycles. The summed E-state index contributed by atoms with van der Waals surface area (Å²) in [6.07, 6.45) is 1.08. The molecule has 26 heavy (non-hydrogen) atoms. The number of benzene rings is 3. The van der Waals surface area contributed by atoms with Crippen molar-refractivity contribution in [2.45, 2.75) is 69.2 Å². The van der Waals surface area contributed by atoms with E-state index >= 15 is 0 Å². The monoisotopic (exact) mass is 350 g/mol. The fourth-order valence-corrected chi connectivity index (χ4v) is 3.40. The minimum absolute atomic E-state index is 0. The fraction of sp³-hybridized carbons (Fsp3) is 0.385. The molecule has 0 nitrogen and oxygen atoms in total. The van der Waals surface area contributed by atoms with Gasteiger partial charge in [-0.1, -0.05) is 103 Å². The second kappa shape index (κ2) is 11.5. The Labute approximate surface area is 162 Å². The first-order chi connectivity index (χ1) is 12.2. The van der Waals surface area contributed by atoms with Crippen molar-refractivity contribution in [1.82, 2.24) is 0 Å². The molecule has 0 radical (unpaired) electrons. The van der Waals surface area contributed by atoms with Gasteiger partial charge in [0.15, 0.2) is 0 Å². The molecule has 0 N–H and O–H groups in total. The average Bonchev–Trinajstić information content (AvgIpc) is 3.04. The normalized spacial score (nSPS) is 9.85. The van der Waals surface area contributed by atoms with Gasteiger partial charge >= 0.3 is 0 Å². The Bertz CT molecular complexity index is 810. The van der Waals surface area contributed by atoms with E-state index in [2.05, 4.69) is 62.4 Å². The van der Waals surface area contributed by atoms with Gasteiger partial charge in [0.2, 0.25) is 0 Å². The Balaban J connectivity index is 0.000000817. The molecule has 3 aromatic rings. The predicted octanol–water partition coefficient (Wildman–Crippen LogP) is 8.74. The number of hydrogen-bond donors (Lipinski definition) is 0. The zero-order valence-corrected chi connectivity index (χ0v) is 17.3. The maximum Gasteiger partial charge on any atom is -0.00130 e. The molecule has 0 saturated carbocycles. The molecule has 0 aliphatic heterocycles. The van der Waals surface area contributed by atoms with Crippen LogP contribution in [0.15, 0.2) is 48.5 Å². The molecule has 0 spiro atoms. The van der Waals surface area contributed by atoms with Crippen molar-refractivity contribution in [1.29, 1.82) is 0 Å². The highest BCUT2D eigenvalue weighted by Crippen LogP contribution is 2.42. The van der Waals surface area contributed by atoms with E-state index in [9.17, 15) is 0 Å². The standard InChI is InChI=1S/C19H16.3C2H6.CH4/c1-12-7-8-17-14(9-12)11-15-10-13(2)16-5-3-4-6-18(16)19(15)17;3*1-2;/h3-10H,11H2,1-2H3;3*1-2H3;1H4. The molecule has 0 atom stereocenters. The predicted molar refractivity (Wildman–Crippen MR) is 122 cm³/mol. The topological polar surface area (TPSA) is 0 Å². The van der Waals surface area contributed by atoms with Gasteiger partial charge in [-0.3, -0.25) is 0 Å². The van der Waals surface area contributed by atoms with Crippen LogP contribution in [0.2, 0.25) is 0 Å². The van der Waals surface area contributed by atoms with Crippen LogP contribution in [0.3, 0.4) is 0 Å². The summed E-state index contributed by atoms with van der Waals surface area (Å²) in [6, 6.07) is 18.0. The van der Waals surface area contributed by atoms with Gasteiger partial charge in [-0.25, -0.2) is 0 Å². The van der Waals surface area contributed by atoms with Crippen molar-refractivity contribution in [3.8, 4) is 11.1 Å². The first kappa shape index (κ1) is 23.9. The van der Waals surface area contributed by atoms with E-state index in [4.69, 9.17) is 0 Å². The molecular weight excluding hydrogens is 312 g/mol. The summed E-state index contributed by atoms with van der Waals surface area (Å²) >= 11 is 0. The van der Waals surface area contributed by atoms with Gasteiger partial charge in [-0.05, 0) is 58.9 Å². The summed E-state index contributed by atoms with van der Waals surface area (Å²) in [5, 5.41) is 2.79. The lowest BCUT2D eigenvalue weighted by molar-refractivity contribution is 1.24. The highest BCUT2D eigenvalue weighted by atomic mass is 14.2. The Morgan fingerprint density at radius 2 is 1.23 bits per heavy atom. The Morgan fingerprint density at radius 3 is 1.85 bits per heavy atom. The smallest absolute Gasteiger partial charge is 0.00130 e. The van der Waals surface area contributed by atoms with E-state index in [1.165, 1.54) is 44.2 Å². The summed E-state index contributed by atoms with van der Waals surface area (Å²) < 4.78 is 0. The van der Waals surface area contributed by atoms with Crippen LogP contribution in [-0.4, -0.2) is 0 Å². The van der Waals surface area contributed by atoms with Crippen LogP contribution in [0, 0.1) is 13.8 Å². The van der Waals surface area contributed by atoms with Crippen LogP contribution in [0.25, 0.3) is 21.9 Å². The first-order valence-electron chi connectivity index (χ1n) is 9.85. The average molecular weight is 351 g/mol. The van der Waals surface area contributed by atoms with Crippen LogP contribution in [0.1, 0.15) is 71.2 Å². The van der Waals surface area contributed by atoms with Crippen LogP contribution in [0.4, 0.5) is 0 Å². The molecule has 1 aliphatic carbocycles. The quantitative estimate of drug-likeness (QED) is 0.297. The van der Waals surface area contributed by atoms with E-state index in [1.54, 1.807) is 0 Å². The zero-order valence-electron chi connectivity index (χ0n) is 17.3. The SMILES string of the molecule is C.CC.CC.CC.Cc1ccc2c(c1)Cc1cc(C)c3ccccc3c1-2. The van der Waals surface area contributed by atoms with Crippen LogP contribution >= 0.6 is 0 Å². The summed E-state index contributed by atoms with van der Waals surface area (Å²) in [4.78, 5) is 0. The molecule has 0 saturated heterocycles. The molecular formula is C26H38. The maximum atomic E-state index is 2.37. The molecule has 0 bridgehead atoms. The lowest BCUT2D eigenvalue weighted by atomic mass is 9.94. The molecule has 0 aromatic heterocycles. The van der Waals surface area contributed by atoms with Gasteiger partial charge in [0.1, 0.15) is 0 Å². The number of rotatable bonds is 0. The molecule has 3 aromatic carbocycles. The minimum atomic E-state index is 0. The van der Waals surface area contributed by atoms with Crippen LogP contribution in [-0.2, 0) is 6.42 Å². The lowest BCUT2D eigenvalue weighted by Crippen LogP contribution is -1.86. The third-order valence-electron chi connectivity index (χ3n) is 4.24.